The number of hydrogen-bond donors (Lipinski definition) is 0. The predicted molar refractivity (Wildman–Crippen MR) is 181 cm³/mol. The highest BCUT2D eigenvalue weighted by molar-refractivity contribution is 9.10. The fourth-order valence-corrected chi connectivity index (χ4v) is 7.18. The normalized spacial score (nSPS) is 14.7. The fraction of sp³-hybridized carbons (Fsp3) is 0.171. The second-order valence-corrected chi connectivity index (χ2v) is 12.6. The van der Waals surface area contributed by atoms with Gasteiger partial charge < -0.3 is 14.2 Å². The van der Waals surface area contributed by atoms with E-state index in [0.717, 1.165) is 27.5 Å². The van der Waals surface area contributed by atoms with Crippen LogP contribution in [0.15, 0.2) is 104 Å². The molecule has 4 aromatic carbocycles. The molecule has 45 heavy (non-hydrogen) atoms. The van der Waals surface area contributed by atoms with Gasteiger partial charge >= 0.3 is 5.97 Å². The highest BCUT2D eigenvalue weighted by Gasteiger charge is 2.33. The molecular formula is C35H28BrClN2O5S. The van der Waals surface area contributed by atoms with E-state index in [2.05, 4.69) is 39.1 Å². The summed E-state index contributed by atoms with van der Waals surface area (Å²) in [6.45, 7) is 4.05. The number of aromatic nitrogens is 1. The minimum atomic E-state index is -0.717. The summed E-state index contributed by atoms with van der Waals surface area (Å²) in [7, 11) is 1.58. The second kappa shape index (κ2) is 13.0. The van der Waals surface area contributed by atoms with Gasteiger partial charge in [0.25, 0.3) is 5.56 Å². The Bertz CT molecular complexity index is 2150. The van der Waals surface area contributed by atoms with Crippen LogP contribution in [0.25, 0.3) is 16.8 Å². The molecule has 10 heteroatoms. The van der Waals surface area contributed by atoms with Gasteiger partial charge in [0.15, 0.2) is 16.3 Å². The number of allylic oxidation sites excluding steroid dienone is 1. The Kier molecular flexibility index (Phi) is 8.94. The fourth-order valence-electron chi connectivity index (χ4n) is 5.43. The molecule has 1 aliphatic rings. The molecule has 0 amide bonds. The Labute approximate surface area is 276 Å². The molecule has 1 unspecified atom stereocenters. The van der Waals surface area contributed by atoms with Crippen molar-refractivity contribution >= 4 is 61.7 Å². The van der Waals surface area contributed by atoms with E-state index in [9.17, 15) is 9.59 Å². The van der Waals surface area contributed by atoms with Gasteiger partial charge in [0.1, 0.15) is 6.61 Å². The molecule has 7 nitrogen and oxygen atoms in total. The molecule has 0 aliphatic carbocycles. The van der Waals surface area contributed by atoms with Crippen molar-refractivity contribution in [3.63, 3.8) is 0 Å². The highest BCUT2D eigenvalue weighted by atomic mass is 79.9. The molecule has 0 saturated heterocycles. The van der Waals surface area contributed by atoms with Gasteiger partial charge in [-0.05, 0) is 87.6 Å². The van der Waals surface area contributed by atoms with Crippen LogP contribution in [-0.2, 0) is 16.1 Å². The van der Waals surface area contributed by atoms with Crippen LogP contribution in [-0.4, -0.2) is 24.3 Å². The lowest BCUT2D eigenvalue weighted by molar-refractivity contribution is -0.139. The summed E-state index contributed by atoms with van der Waals surface area (Å²) in [5.41, 5.74) is 3.04. The van der Waals surface area contributed by atoms with Crippen LogP contribution in [0.5, 0.6) is 11.5 Å². The average Bonchev–Trinajstić information content (AvgIpc) is 3.33. The van der Waals surface area contributed by atoms with Crippen LogP contribution in [0.2, 0.25) is 5.02 Å². The van der Waals surface area contributed by atoms with Gasteiger partial charge in [-0.25, -0.2) is 9.79 Å². The second-order valence-electron chi connectivity index (χ2n) is 10.3. The summed E-state index contributed by atoms with van der Waals surface area (Å²) in [6.07, 6.45) is 1.79. The van der Waals surface area contributed by atoms with Crippen molar-refractivity contribution in [1.82, 2.24) is 4.57 Å². The smallest absolute Gasteiger partial charge is 0.338 e. The molecule has 2 heterocycles. The Morgan fingerprint density at radius 1 is 1.09 bits per heavy atom. The SMILES string of the molecule is CCOC(=O)C1=C(C)N=c2s/c(=C\c3cc(Br)c(OCc4cccc5ccccc45)c(OC)c3)c(=O)n2C1c1ccc(Cl)cc1. The van der Waals surface area contributed by atoms with Gasteiger partial charge in [0.2, 0.25) is 0 Å². The molecule has 0 saturated carbocycles. The van der Waals surface area contributed by atoms with Crippen LogP contribution in [0.4, 0.5) is 0 Å². The maximum Gasteiger partial charge on any atom is 0.338 e. The number of thiazole rings is 1. The molecule has 0 bridgehead atoms. The van der Waals surface area contributed by atoms with E-state index in [1.165, 1.54) is 11.3 Å². The van der Waals surface area contributed by atoms with Gasteiger partial charge in [0, 0.05) is 5.02 Å². The molecule has 0 spiro atoms. The van der Waals surface area contributed by atoms with Gasteiger partial charge in [-0.3, -0.25) is 9.36 Å². The van der Waals surface area contributed by atoms with Crippen molar-refractivity contribution in [3.8, 4) is 11.5 Å². The molecule has 6 rings (SSSR count). The van der Waals surface area contributed by atoms with E-state index in [1.807, 2.05) is 36.4 Å². The van der Waals surface area contributed by atoms with Crippen molar-refractivity contribution in [2.45, 2.75) is 26.5 Å². The zero-order valence-corrected chi connectivity index (χ0v) is 27.8. The monoisotopic (exact) mass is 702 g/mol. The maximum absolute atomic E-state index is 14.0. The molecular weight excluding hydrogens is 676 g/mol. The lowest BCUT2D eigenvalue weighted by Gasteiger charge is -2.24. The number of halogens is 2. The largest absolute Gasteiger partial charge is 0.493 e. The molecule has 1 aromatic heterocycles. The molecule has 0 radical (unpaired) electrons. The minimum absolute atomic E-state index is 0.200. The number of esters is 1. The highest BCUT2D eigenvalue weighted by Crippen LogP contribution is 2.38. The molecule has 1 atom stereocenters. The third-order valence-corrected chi connectivity index (χ3v) is 9.33. The quantitative estimate of drug-likeness (QED) is 0.164. The van der Waals surface area contributed by atoms with Crippen molar-refractivity contribution in [1.29, 1.82) is 0 Å². The summed E-state index contributed by atoms with van der Waals surface area (Å²) in [4.78, 5) is 32.2. The maximum atomic E-state index is 14.0. The number of fused-ring (bicyclic) bond motifs is 2. The minimum Gasteiger partial charge on any atom is -0.493 e. The molecule has 0 N–H and O–H groups in total. The molecule has 1 aliphatic heterocycles. The number of nitrogens with zero attached hydrogens (tertiary/aromatic N) is 2. The van der Waals surface area contributed by atoms with Crippen LogP contribution >= 0.6 is 38.9 Å². The average molecular weight is 704 g/mol. The van der Waals surface area contributed by atoms with Crippen LogP contribution in [0.3, 0.4) is 0 Å². The first-order valence-corrected chi connectivity index (χ1v) is 16.2. The number of hydrogen-bond acceptors (Lipinski definition) is 7. The lowest BCUT2D eigenvalue weighted by atomic mass is 9.96. The third-order valence-electron chi connectivity index (χ3n) is 7.50. The van der Waals surface area contributed by atoms with Gasteiger partial charge in [0.05, 0.1) is 40.0 Å². The Morgan fingerprint density at radius 3 is 2.60 bits per heavy atom. The van der Waals surface area contributed by atoms with E-state index in [0.29, 0.717) is 48.2 Å². The number of rotatable bonds is 8. The summed E-state index contributed by atoms with van der Waals surface area (Å²) in [6, 6.07) is 24.4. The summed E-state index contributed by atoms with van der Waals surface area (Å²) >= 11 is 11.1. The van der Waals surface area contributed by atoms with Crippen LogP contribution in [0, 0.1) is 0 Å². The molecule has 228 valence electrons. The van der Waals surface area contributed by atoms with E-state index < -0.39 is 12.0 Å². The van der Waals surface area contributed by atoms with Crippen LogP contribution < -0.4 is 24.4 Å². The van der Waals surface area contributed by atoms with Crippen molar-refractivity contribution in [3.05, 3.63) is 136 Å². The zero-order valence-electron chi connectivity index (χ0n) is 24.7. The van der Waals surface area contributed by atoms with Gasteiger partial charge in [-0.1, -0.05) is 77.5 Å². The summed E-state index contributed by atoms with van der Waals surface area (Å²) < 4.78 is 20.0. The van der Waals surface area contributed by atoms with E-state index >= 15 is 0 Å². The first-order valence-electron chi connectivity index (χ1n) is 14.2. The third kappa shape index (κ3) is 6.08. The van der Waals surface area contributed by atoms with Crippen molar-refractivity contribution < 1.29 is 19.0 Å². The van der Waals surface area contributed by atoms with E-state index in [4.69, 9.17) is 25.8 Å². The Morgan fingerprint density at radius 2 is 1.84 bits per heavy atom. The first-order chi connectivity index (χ1) is 21.8. The lowest BCUT2D eigenvalue weighted by Crippen LogP contribution is -2.39. The van der Waals surface area contributed by atoms with Crippen molar-refractivity contribution in [2.24, 2.45) is 4.99 Å². The van der Waals surface area contributed by atoms with E-state index in [1.54, 1.807) is 55.9 Å². The van der Waals surface area contributed by atoms with Gasteiger partial charge in [-0.2, -0.15) is 0 Å². The Hall–Kier alpha value is -4.18. The molecule has 5 aromatic rings. The van der Waals surface area contributed by atoms with Gasteiger partial charge in [-0.15, -0.1) is 0 Å². The Balaban J connectivity index is 1.39. The number of methoxy groups -OCH3 is 1. The number of ether oxygens (including phenoxy) is 3. The summed E-state index contributed by atoms with van der Waals surface area (Å²) in [5.74, 6) is 0.561. The number of benzene rings is 4. The summed E-state index contributed by atoms with van der Waals surface area (Å²) in [5, 5.41) is 2.82. The van der Waals surface area contributed by atoms with Crippen LogP contribution in [0.1, 0.15) is 36.6 Å². The number of carbonyl (C=O) groups is 1. The number of carbonyl (C=O) groups excluding carboxylic acids is 1. The molecule has 0 fully saturated rings. The van der Waals surface area contributed by atoms with E-state index in [-0.39, 0.29) is 12.2 Å². The van der Waals surface area contributed by atoms with Crippen molar-refractivity contribution in [2.75, 3.05) is 13.7 Å². The topological polar surface area (TPSA) is 79.1 Å². The zero-order chi connectivity index (χ0) is 31.7. The first kappa shape index (κ1) is 30.8. The standard InChI is InChI=1S/C35H28BrClN2O5S/c1-4-43-34(41)30-20(2)38-35-39(31(30)23-12-14-25(37)15-13-23)33(40)29(45-35)18-21-16-27(36)32(28(17-21)42-3)44-19-24-10-7-9-22-8-5-6-11-26(22)24/h5-18,31H,4,19H2,1-3H3/b29-18-. The predicted octanol–water partition coefficient (Wildman–Crippen LogP) is 6.96.